The van der Waals surface area contributed by atoms with E-state index < -0.39 is 0 Å². The van der Waals surface area contributed by atoms with Crippen LogP contribution in [-0.2, 0) is 11.2 Å². The van der Waals surface area contributed by atoms with Crippen LogP contribution in [-0.4, -0.2) is 49.0 Å². The maximum absolute atomic E-state index is 12.2. The number of carbonyl (C=O) groups excluding carboxylic acids is 1. The highest BCUT2D eigenvalue weighted by Gasteiger charge is 2.12. The minimum Gasteiger partial charge on any atom is -0.494 e. The smallest absolute Gasteiger partial charge is 0.267 e. The van der Waals surface area contributed by atoms with Crippen molar-refractivity contribution in [3.8, 4) is 5.75 Å². The number of amides is 1. The summed E-state index contributed by atoms with van der Waals surface area (Å²) in [6, 6.07) is 7.31. The van der Waals surface area contributed by atoms with Crippen LogP contribution < -0.4 is 32.8 Å². The Labute approximate surface area is 158 Å². The Morgan fingerprint density at radius 3 is 2.52 bits per heavy atom. The fourth-order valence-electron chi connectivity index (χ4n) is 2.15. The topological polar surface area (TPSA) is 173 Å². The Balaban J connectivity index is 2.47. The molecule has 27 heavy (non-hydrogen) atoms. The number of nitrogens with two attached hydrogens (primary N) is 3. The number of ether oxygens (including phenoxy) is 1. The minimum absolute atomic E-state index is 0.0540. The van der Waals surface area contributed by atoms with Gasteiger partial charge in [0.15, 0.2) is 5.96 Å². The van der Waals surface area contributed by atoms with E-state index in [1.54, 1.807) is 5.59 Å². The van der Waals surface area contributed by atoms with E-state index in [9.17, 15) is 4.79 Å². The van der Waals surface area contributed by atoms with Gasteiger partial charge in [-0.05, 0) is 43.5 Å². The first kappa shape index (κ1) is 22.2. The van der Waals surface area contributed by atoms with Crippen LogP contribution in [0.3, 0.4) is 0 Å². The SMILES string of the molecule is NCCCOc1ccc(C/C(=N/NO)C(=O)NCCCCN=C(N)N)cc1. The lowest BCUT2D eigenvalue weighted by molar-refractivity contribution is -0.115. The molecule has 0 aliphatic rings. The van der Waals surface area contributed by atoms with Crippen LogP contribution in [0.1, 0.15) is 24.8 Å². The van der Waals surface area contributed by atoms with Gasteiger partial charge in [-0.1, -0.05) is 12.1 Å². The fourth-order valence-corrected chi connectivity index (χ4v) is 2.15. The van der Waals surface area contributed by atoms with Crippen LogP contribution in [0.15, 0.2) is 34.4 Å². The van der Waals surface area contributed by atoms with Gasteiger partial charge in [0.1, 0.15) is 11.5 Å². The zero-order valence-electron chi connectivity index (χ0n) is 15.4. The standard InChI is InChI=1S/C17H29N7O3/c18-8-3-11-27-14-6-4-13(5-7-14)12-15(23-24-26)16(25)21-9-1-2-10-22-17(19)20/h4-7,24,26H,1-3,8-12,18H2,(H,21,25)(H4,19,20,22)/b23-15-. The molecule has 0 aliphatic carbocycles. The summed E-state index contributed by atoms with van der Waals surface area (Å²) in [7, 11) is 0. The zero-order chi connectivity index (χ0) is 19.9. The quantitative estimate of drug-likeness (QED) is 0.115. The van der Waals surface area contributed by atoms with Crippen molar-refractivity contribution in [1.82, 2.24) is 10.9 Å². The van der Waals surface area contributed by atoms with E-state index in [4.69, 9.17) is 27.1 Å². The largest absolute Gasteiger partial charge is 0.494 e. The molecule has 9 N–H and O–H groups in total. The maximum atomic E-state index is 12.2. The number of rotatable bonds is 13. The Kier molecular flexibility index (Phi) is 11.0. The Morgan fingerprint density at radius 2 is 1.89 bits per heavy atom. The molecule has 0 saturated heterocycles. The van der Waals surface area contributed by atoms with Gasteiger partial charge >= 0.3 is 0 Å². The van der Waals surface area contributed by atoms with Gasteiger partial charge in [-0.3, -0.25) is 15.0 Å². The summed E-state index contributed by atoms with van der Waals surface area (Å²) in [5.41, 5.74) is 18.6. The van der Waals surface area contributed by atoms with Gasteiger partial charge < -0.3 is 27.3 Å². The van der Waals surface area contributed by atoms with Gasteiger partial charge in [-0.2, -0.15) is 10.7 Å². The lowest BCUT2D eigenvalue weighted by Gasteiger charge is -2.09. The first-order chi connectivity index (χ1) is 13.1. The normalized spacial score (nSPS) is 11.0. The molecule has 0 unspecified atom stereocenters. The van der Waals surface area contributed by atoms with Gasteiger partial charge in [-0.25, -0.2) is 0 Å². The highest BCUT2D eigenvalue weighted by Crippen LogP contribution is 2.13. The molecule has 1 rings (SSSR count). The summed E-state index contributed by atoms with van der Waals surface area (Å²) in [6.07, 6.45) is 2.51. The number of hydrazone groups is 1. The molecule has 1 aromatic rings. The number of nitrogens with one attached hydrogen (secondary N) is 2. The van der Waals surface area contributed by atoms with Gasteiger partial charge in [0, 0.05) is 19.5 Å². The number of carbonyl (C=O) groups is 1. The molecule has 10 nitrogen and oxygen atoms in total. The summed E-state index contributed by atoms with van der Waals surface area (Å²) in [6.45, 7) is 2.10. The van der Waals surface area contributed by atoms with Crippen molar-refractivity contribution in [2.45, 2.75) is 25.7 Å². The van der Waals surface area contributed by atoms with Crippen molar-refractivity contribution in [3.63, 3.8) is 0 Å². The molecule has 10 heteroatoms. The van der Waals surface area contributed by atoms with Crippen molar-refractivity contribution in [3.05, 3.63) is 29.8 Å². The van der Waals surface area contributed by atoms with Crippen LogP contribution >= 0.6 is 0 Å². The molecule has 0 fully saturated rings. The Bertz CT molecular complexity index is 613. The van der Waals surface area contributed by atoms with Gasteiger partial charge in [-0.15, -0.1) is 0 Å². The van der Waals surface area contributed by atoms with E-state index >= 15 is 0 Å². The lowest BCUT2D eigenvalue weighted by Crippen LogP contribution is -2.34. The van der Waals surface area contributed by atoms with Crippen LogP contribution in [0.4, 0.5) is 0 Å². The Morgan fingerprint density at radius 1 is 1.15 bits per heavy atom. The molecule has 0 radical (unpaired) electrons. The van der Waals surface area contributed by atoms with Crippen molar-refractivity contribution in [2.24, 2.45) is 27.3 Å². The highest BCUT2D eigenvalue weighted by atomic mass is 16.5. The minimum atomic E-state index is -0.360. The molecule has 0 spiro atoms. The third-order valence-electron chi connectivity index (χ3n) is 3.52. The number of nitrogens with zero attached hydrogens (tertiary/aromatic N) is 2. The second kappa shape index (κ2) is 13.4. The summed E-state index contributed by atoms with van der Waals surface area (Å²) in [5, 5.41) is 15.2. The second-order valence-electron chi connectivity index (χ2n) is 5.74. The van der Waals surface area contributed by atoms with Crippen molar-refractivity contribution in [1.29, 1.82) is 0 Å². The average molecular weight is 379 g/mol. The molecule has 0 aliphatic heterocycles. The van der Waals surface area contributed by atoms with Gasteiger partial charge in [0.25, 0.3) is 5.91 Å². The van der Waals surface area contributed by atoms with E-state index in [1.807, 2.05) is 24.3 Å². The number of hydrogen-bond acceptors (Lipinski definition) is 7. The van der Waals surface area contributed by atoms with E-state index in [0.29, 0.717) is 26.2 Å². The second-order valence-corrected chi connectivity index (χ2v) is 5.74. The predicted octanol–water partition coefficient (Wildman–Crippen LogP) is -0.539. The molecule has 0 bridgehead atoms. The average Bonchev–Trinajstić information content (AvgIpc) is 2.65. The van der Waals surface area contributed by atoms with Crippen molar-refractivity contribution in [2.75, 3.05) is 26.2 Å². The summed E-state index contributed by atoms with van der Waals surface area (Å²) < 4.78 is 5.53. The third-order valence-corrected chi connectivity index (χ3v) is 3.52. The molecule has 1 aromatic carbocycles. The Hall–Kier alpha value is -2.85. The summed E-state index contributed by atoms with van der Waals surface area (Å²) in [4.78, 5) is 16.1. The molecule has 0 heterocycles. The first-order valence-corrected chi connectivity index (χ1v) is 8.78. The van der Waals surface area contributed by atoms with E-state index in [-0.39, 0.29) is 24.0 Å². The van der Waals surface area contributed by atoms with Crippen LogP contribution in [0.5, 0.6) is 5.75 Å². The lowest BCUT2D eigenvalue weighted by atomic mass is 10.1. The molecular weight excluding hydrogens is 350 g/mol. The first-order valence-electron chi connectivity index (χ1n) is 8.78. The molecule has 0 saturated carbocycles. The summed E-state index contributed by atoms with van der Waals surface area (Å²) >= 11 is 0. The number of aliphatic imine (C=N–C) groups is 1. The monoisotopic (exact) mass is 379 g/mol. The van der Waals surface area contributed by atoms with Crippen LogP contribution in [0.2, 0.25) is 0 Å². The summed E-state index contributed by atoms with van der Waals surface area (Å²) in [5.74, 6) is 0.427. The molecular formula is C17H29N7O3. The number of unbranched alkanes of at least 4 members (excludes halogenated alkanes) is 1. The van der Waals surface area contributed by atoms with Gasteiger partial charge in [0.05, 0.1) is 6.61 Å². The number of benzene rings is 1. The molecule has 150 valence electrons. The molecule has 0 atom stereocenters. The van der Waals surface area contributed by atoms with Crippen molar-refractivity contribution < 1.29 is 14.7 Å². The fraction of sp³-hybridized carbons (Fsp3) is 0.471. The predicted molar refractivity (Wildman–Crippen MR) is 105 cm³/mol. The highest BCUT2D eigenvalue weighted by molar-refractivity contribution is 6.39. The van der Waals surface area contributed by atoms with Crippen LogP contribution in [0, 0.1) is 0 Å². The van der Waals surface area contributed by atoms with E-state index in [1.165, 1.54) is 0 Å². The van der Waals surface area contributed by atoms with E-state index in [0.717, 1.165) is 30.6 Å². The van der Waals surface area contributed by atoms with E-state index in [2.05, 4.69) is 15.4 Å². The number of guanidine groups is 1. The zero-order valence-corrected chi connectivity index (χ0v) is 15.4. The molecule has 0 aromatic heterocycles. The third kappa shape index (κ3) is 10.0. The van der Waals surface area contributed by atoms with Gasteiger partial charge in [0.2, 0.25) is 0 Å². The van der Waals surface area contributed by atoms with Crippen LogP contribution in [0.25, 0.3) is 0 Å². The maximum Gasteiger partial charge on any atom is 0.267 e. The molecule has 1 amide bonds. The number of hydrogen-bond donors (Lipinski definition) is 6. The van der Waals surface area contributed by atoms with Crippen molar-refractivity contribution >= 4 is 17.6 Å².